The molecule has 17 heavy (non-hydrogen) atoms. The second-order valence-electron chi connectivity index (χ2n) is 5.17. The molecule has 0 unspecified atom stereocenters. The highest BCUT2D eigenvalue weighted by atomic mass is 19.1. The summed E-state index contributed by atoms with van der Waals surface area (Å²) in [5.41, 5.74) is 1.05. The van der Waals surface area contributed by atoms with Crippen molar-refractivity contribution in [2.24, 2.45) is 0 Å². The number of rotatable bonds is 3. The molecule has 2 aliphatic rings. The molecule has 2 aliphatic heterocycles. The summed E-state index contributed by atoms with van der Waals surface area (Å²) in [4.78, 5) is 0. The molecule has 0 spiro atoms. The van der Waals surface area contributed by atoms with E-state index in [2.05, 4.69) is 5.32 Å². The Morgan fingerprint density at radius 1 is 1.12 bits per heavy atom. The largest absolute Gasteiger partial charge is 0.373 e. The van der Waals surface area contributed by atoms with Gasteiger partial charge >= 0.3 is 0 Å². The molecule has 1 N–H and O–H groups in total. The van der Waals surface area contributed by atoms with Gasteiger partial charge in [0, 0.05) is 12.1 Å². The van der Waals surface area contributed by atoms with Crippen molar-refractivity contribution in [3.63, 3.8) is 0 Å². The Morgan fingerprint density at radius 3 is 2.41 bits per heavy atom. The predicted molar refractivity (Wildman–Crippen MR) is 64.2 cm³/mol. The summed E-state index contributed by atoms with van der Waals surface area (Å²) >= 11 is 0. The molecule has 0 amide bonds. The number of hydrogen-bond donors (Lipinski definition) is 1. The molecule has 1 aromatic rings. The van der Waals surface area contributed by atoms with Crippen LogP contribution in [0, 0.1) is 5.82 Å². The fourth-order valence-electron chi connectivity index (χ4n) is 2.94. The van der Waals surface area contributed by atoms with Crippen LogP contribution in [0.1, 0.15) is 31.2 Å². The van der Waals surface area contributed by atoms with E-state index in [4.69, 9.17) is 4.74 Å². The average Bonchev–Trinajstić information content (AvgIpc) is 2.68. The lowest BCUT2D eigenvalue weighted by Gasteiger charge is -2.29. The molecule has 3 atom stereocenters. The van der Waals surface area contributed by atoms with E-state index in [0.29, 0.717) is 24.8 Å². The zero-order chi connectivity index (χ0) is 11.7. The highest BCUT2D eigenvalue weighted by Crippen LogP contribution is 2.28. The molecule has 92 valence electrons. The quantitative estimate of drug-likeness (QED) is 0.869. The molecule has 2 nitrogen and oxygen atoms in total. The van der Waals surface area contributed by atoms with E-state index in [1.165, 1.54) is 25.0 Å². The van der Waals surface area contributed by atoms with Crippen molar-refractivity contribution >= 4 is 0 Å². The number of benzene rings is 1. The number of piperidine rings is 1. The second kappa shape index (κ2) is 4.75. The number of ether oxygens (including phenoxy) is 1. The Hall–Kier alpha value is -0.930. The Bertz CT molecular complexity index is 366. The van der Waals surface area contributed by atoms with Gasteiger partial charge in [0.2, 0.25) is 0 Å². The van der Waals surface area contributed by atoms with E-state index in [1.54, 1.807) is 12.1 Å². The summed E-state index contributed by atoms with van der Waals surface area (Å²) < 4.78 is 18.7. The highest BCUT2D eigenvalue weighted by Gasteiger charge is 2.33. The Kier molecular flexibility index (Phi) is 3.12. The number of hydrogen-bond acceptors (Lipinski definition) is 2. The van der Waals surface area contributed by atoms with Gasteiger partial charge in [-0.1, -0.05) is 12.1 Å². The van der Waals surface area contributed by atoms with Crippen molar-refractivity contribution in [1.29, 1.82) is 0 Å². The third-order valence-electron chi connectivity index (χ3n) is 3.83. The van der Waals surface area contributed by atoms with Crippen LogP contribution in [0.25, 0.3) is 0 Å². The van der Waals surface area contributed by atoms with Gasteiger partial charge in [0.15, 0.2) is 0 Å². The van der Waals surface area contributed by atoms with Gasteiger partial charge in [0.25, 0.3) is 0 Å². The van der Waals surface area contributed by atoms with Crippen LogP contribution in [0.4, 0.5) is 4.39 Å². The topological polar surface area (TPSA) is 21.3 Å². The lowest BCUT2D eigenvalue weighted by molar-refractivity contribution is 0.00915. The van der Waals surface area contributed by atoms with Crippen LogP contribution in [0.3, 0.4) is 0 Å². The molecule has 3 rings (SSSR count). The first-order valence-corrected chi connectivity index (χ1v) is 6.42. The van der Waals surface area contributed by atoms with Gasteiger partial charge < -0.3 is 10.1 Å². The Morgan fingerprint density at radius 2 is 1.76 bits per heavy atom. The lowest BCUT2D eigenvalue weighted by Crippen LogP contribution is -2.41. The summed E-state index contributed by atoms with van der Waals surface area (Å²) in [6.07, 6.45) is 5.20. The molecule has 2 bridgehead atoms. The van der Waals surface area contributed by atoms with Gasteiger partial charge in [-0.25, -0.2) is 4.39 Å². The standard InChI is InChI=1S/C14H18FNO/c15-11-3-1-10(2-4-11)9-17-14-7-12-5-6-13(8-14)16-12/h1-4,12-14,16H,5-9H2/t12-,13+,14+. The summed E-state index contributed by atoms with van der Waals surface area (Å²) in [6, 6.07) is 7.89. The van der Waals surface area contributed by atoms with Crippen LogP contribution in [0.2, 0.25) is 0 Å². The summed E-state index contributed by atoms with van der Waals surface area (Å²) in [5.74, 6) is -0.186. The van der Waals surface area contributed by atoms with Crippen LogP contribution in [0.15, 0.2) is 24.3 Å². The molecule has 0 saturated carbocycles. The maximum Gasteiger partial charge on any atom is 0.123 e. The van der Waals surface area contributed by atoms with E-state index in [9.17, 15) is 4.39 Å². The predicted octanol–water partition coefficient (Wildman–Crippen LogP) is 2.63. The summed E-state index contributed by atoms with van der Waals surface area (Å²) in [7, 11) is 0. The van der Waals surface area contributed by atoms with Gasteiger partial charge in [-0.3, -0.25) is 0 Å². The van der Waals surface area contributed by atoms with Gasteiger partial charge in [-0.05, 0) is 43.4 Å². The van der Waals surface area contributed by atoms with E-state index >= 15 is 0 Å². The van der Waals surface area contributed by atoms with Crippen molar-refractivity contribution in [3.05, 3.63) is 35.6 Å². The molecular weight excluding hydrogens is 217 g/mol. The van der Waals surface area contributed by atoms with Crippen LogP contribution in [-0.4, -0.2) is 18.2 Å². The minimum atomic E-state index is -0.186. The van der Waals surface area contributed by atoms with Crippen LogP contribution in [0.5, 0.6) is 0 Å². The highest BCUT2D eigenvalue weighted by molar-refractivity contribution is 5.15. The van der Waals surface area contributed by atoms with E-state index in [1.807, 2.05) is 0 Å². The van der Waals surface area contributed by atoms with Gasteiger partial charge in [-0.15, -0.1) is 0 Å². The Balaban J connectivity index is 1.52. The lowest BCUT2D eigenvalue weighted by atomic mass is 10.0. The molecule has 2 heterocycles. The van der Waals surface area contributed by atoms with Crippen molar-refractivity contribution in [2.75, 3.05) is 0 Å². The summed E-state index contributed by atoms with van der Waals surface area (Å²) in [6.45, 7) is 0.602. The Labute approximate surface area is 101 Å². The first-order valence-electron chi connectivity index (χ1n) is 6.42. The number of halogens is 1. The van der Waals surface area contributed by atoms with E-state index in [0.717, 1.165) is 18.4 Å². The average molecular weight is 235 g/mol. The van der Waals surface area contributed by atoms with Crippen LogP contribution in [-0.2, 0) is 11.3 Å². The molecule has 3 heteroatoms. The van der Waals surface area contributed by atoms with Crippen molar-refractivity contribution in [2.45, 2.75) is 50.5 Å². The second-order valence-corrected chi connectivity index (χ2v) is 5.17. The van der Waals surface area contributed by atoms with Crippen molar-refractivity contribution in [1.82, 2.24) is 5.32 Å². The van der Waals surface area contributed by atoms with Crippen molar-refractivity contribution < 1.29 is 9.13 Å². The normalized spacial score (nSPS) is 31.7. The zero-order valence-corrected chi connectivity index (χ0v) is 9.86. The fourth-order valence-corrected chi connectivity index (χ4v) is 2.94. The monoisotopic (exact) mass is 235 g/mol. The van der Waals surface area contributed by atoms with E-state index in [-0.39, 0.29) is 5.82 Å². The van der Waals surface area contributed by atoms with Crippen LogP contribution >= 0.6 is 0 Å². The van der Waals surface area contributed by atoms with E-state index < -0.39 is 0 Å². The van der Waals surface area contributed by atoms with Gasteiger partial charge in [-0.2, -0.15) is 0 Å². The fraction of sp³-hybridized carbons (Fsp3) is 0.571. The van der Waals surface area contributed by atoms with Crippen molar-refractivity contribution in [3.8, 4) is 0 Å². The third-order valence-corrected chi connectivity index (χ3v) is 3.83. The molecule has 1 aromatic carbocycles. The summed E-state index contributed by atoms with van der Waals surface area (Å²) in [5, 5.41) is 3.60. The molecular formula is C14H18FNO. The smallest absolute Gasteiger partial charge is 0.123 e. The third kappa shape index (κ3) is 2.67. The first-order chi connectivity index (χ1) is 8.29. The zero-order valence-electron chi connectivity index (χ0n) is 9.86. The molecule has 0 radical (unpaired) electrons. The minimum Gasteiger partial charge on any atom is -0.373 e. The number of fused-ring (bicyclic) bond motifs is 2. The molecule has 2 saturated heterocycles. The maximum absolute atomic E-state index is 12.7. The minimum absolute atomic E-state index is 0.186. The first kappa shape index (κ1) is 11.2. The molecule has 0 aromatic heterocycles. The van der Waals surface area contributed by atoms with Gasteiger partial charge in [0.1, 0.15) is 5.82 Å². The molecule has 0 aliphatic carbocycles. The van der Waals surface area contributed by atoms with Gasteiger partial charge in [0.05, 0.1) is 12.7 Å². The molecule has 2 fully saturated rings. The SMILES string of the molecule is Fc1ccc(CO[C@H]2C[C@H]3CC[C@@H](C2)N3)cc1. The number of nitrogens with one attached hydrogen (secondary N) is 1. The maximum atomic E-state index is 12.7. The van der Waals surface area contributed by atoms with Crippen LogP contribution < -0.4 is 5.32 Å².